The Morgan fingerprint density at radius 2 is 1.69 bits per heavy atom. The van der Waals surface area contributed by atoms with Gasteiger partial charge in [0.1, 0.15) is 0 Å². The summed E-state index contributed by atoms with van der Waals surface area (Å²) in [6.07, 6.45) is 3.25. The molecule has 8 heteroatoms. The summed E-state index contributed by atoms with van der Waals surface area (Å²) in [4.78, 5) is 16.1. The first-order valence-electron chi connectivity index (χ1n) is 11.9. The Kier molecular flexibility index (Phi) is 8.31. The summed E-state index contributed by atoms with van der Waals surface area (Å²) in [6, 6.07) is 18.4. The molecule has 1 aliphatic heterocycles. The lowest BCUT2D eigenvalue weighted by atomic mass is 9.90. The Hall–Kier alpha value is -3.03. The van der Waals surface area contributed by atoms with Crippen molar-refractivity contribution < 1.29 is 0 Å². The van der Waals surface area contributed by atoms with Crippen LogP contribution in [0.5, 0.6) is 0 Å². The smallest absolute Gasteiger partial charge is 0.229 e. The van der Waals surface area contributed by atoms with Crippen LogP contribution in [0.4, 0.5) is 11.6 Å². The first-order chi connectivity index (χ1) is 16.9. The van der Waals surface area contributed by atoms with Crippen LogP contribution in [0.1, 0.15) is 35.4 Å². The van der Waals surface area contributed by atoms with Crippen LogP contribution in [0.3, 0.4) is 0 Å². The number of nitrogens with zero attached hydrogens (tertiary/aromatic N) is 4. The molecule has 2 aromatic carbocycles. The maximum Gasteiger partial charge on any atom is 0.229 e. The summed E-state index contributed by atoms with van der Waals surface area (Å²) in [6.45, 7) is 7.63. The van der Waals surface area contributed by atoms with E-state index in [2.05, 4.69) is 55.8 Å². The Morgan fingerprint density at radius 1 is 1.00 bits per heavy atom. The lowest BCUT2D eigenvalue weighted by Gasteiger charge is -2.34. The van der Waals surface area contributed by atoms with Gasteiger partial charge in [0.2, 0.25) is 17.0 Å². The number of aliphatic imine (C=N–C) groups is 1. The summed E-state index contributed by atoms with van der Waals surface area (Å²) >= 11 is 12.1. The molecule has 2 N–H and O–H groups in total. The highest BCUT2D eigenvalue weighted by atomic mass is 35.5. The number of hydrogen-bond acceptors (Lipinski definition) is 3. The number of thiocarbonyl (C=S) groups is 1. The van der Waals surface area contributed by atoms with Crippen LogP contribution in [0.15, 0.2) is 59.6 Å². The van der Waals surface area contributed by atoms with E-state index in [0.717, 1.165) is 55.0 Å². The summed E-state index contributed by atoms with van der Waals surface area (Å²) in [7, 11) is 0. The molecular formula is C27H31ClN6S. The molecule has 0 saturated carbocycles. The Balaban J connectivity index is 1.51. The van der Waals surface area contributed by atoms with E-state index in [0.29, 0.717) is 28.0 Å². The highest BCUT2D eigenvalue weighted by molar-refractivity contribution is 7.80. The van der Waals surface area contributed by atoms with Gasteiger partial charge in [-0.15, -0.1) is 0 Å². The van der Waals surface area contributed by atoms with Crippen molar-refractivity contribution in [2.45, 2.75) is 40.0 Å². The maximum absolute atomic E-state index is 6.45. The van der Waals surface area contributed by atoms with Gasteiger partial charge >= 0.3 is 0 Å². The van der Waals surface area contributed by atoms with Gasteiger partial charge in [0.05, 0.1) is 10.7 Å². The molecule has 0 spiro atoms. The second-order valence-electron chi connectivity index (χ2n) is 9.02. The molecule has 1 aromatic heterocycles. The molecule has 0 radical (unpaired) electrons. The van der Waals surface area contributed by atoms with Gasteiger partial charge in [-0.25, -0.2) is 9.97 Å². The van der Waals surface area contributed by atoms with Gasteiger partial charge in [-0.2, -0.15) is 4.99 Å². The van der Waals surface area contributed by atoms with Gasteiger partial charge in [0, 0.05) is 24.5 Å². The fourth-order valence-corrected chi connectivity index (χ4v) is 4.71. The van der Waals surface area contributed by atoms with Crippen LogP contribution < -0.4 is 10.6 Å². The molecule has 4 rings (SSSR count). The monoisotopic (exact) mass is 506 g/mol. The van der Waals surface area contributed by atoms with Gasteiger partial charge in [-0.3, -0.25) is 5.32 Å². The molecule has 182 valence electrons. The van der Waals surface area contributed by atoms with Gasteiger partial charge in [0.15, 0.2) is 0 Å². The largest absolute Gasteiger partial charge is 0.342 e. The summed E-state index contributed by atoms with van der Waals surface area (Å²) in [5.41, 5.74) is 4.90. The van der Waals surface area contributed by atoms with Crippen molar-refractivity contribution in [1.29, 1.82) is 0 Å². The van der Waals surface area contributed by atoms with Crippen LogP contribution in [0, 0.1) is 26.7 Å². The van der Waals surface area contributed by atoms with Crippen molar-refractivity contribution in [3.05, 3.63) is 82.1 Å². The summed E-state index contributed by atoms with van der Waals surface area (Å²) in [5, 5.41) is 7.47. The van der Waals surface area contributed by atoms with Crippen molar-refractivity contribution in [2.75, 3.05) is 23.7 Å². The van der Waals surface area contributed by atoms with Gasteiger partial charge in [-0.1, -0.05) is 54.1 Å². The third-order valence-electron chi connectivity index (χ3n) is 6.13. The van der Waals surface area contributed by atoms with Crippen molar-refractivity contribution in [1.82, 2.24) is 14.9 Å². The number of hydrogen-bond donors (Lipinski definition) is 2. The molecule has 35 heavy (non-hydrogen) atoms. The molecule has 0 aliphatic carbocycles. The van der Waals surface area contributed by atoms with E-state index in [9.17, 15) is 0 Å². The normalized spacial score (nSPS) is 14.6. The molecule has 0 bridgehead atoms. The maximum atomic E-state index is 6.45. The molecule has 2 heterocycles. The van der Waals surface area contributed by atoms with Crippen LogP contribution in [0.25, 0.3) is 0 Å². The lowest BCUT2D eigenvalue weighted by Crippen LogP contribution is -2.43. The quantitative estimate of drug-likeness (QED) is 0.250. The predicted octanol–water partition coefficient (Wildman–Crippen LogP) is 6.17. The zero-order valence-corrected chi connectivity index (χ0v) is 22.0. The van der Waals surface area contributed by atoms with Crippen LogP contribution >= 0.6 is 23.8 Å². The number of halogens is 1. The van der Waals surface area contributed by atoms with E-state index in [1.165, 1.54) is 5.56 Å². The average molecular weight is 507 g/mol. The van der Waals surface area contributed by atoms with Crippen LogP contribution in [-0.2, 0) is 6.42 Å². The minimum Gasteiger partial charge on any atom is -0.342 e. The average Bonchev–Trinajstić information content (AvgIpc) is 2.82. The number of anilines is 2. The predicted molar refractivity (Wildman–Crippen MR) is 149 cm³/mol. The number of likely N-dealkylation sites (tertiary alicyclic amines) is 1. The van der Waals surface area contributed by atoms with E-state index < -0.39 is 0 Å². The van der Waals surface area contributed by atoms with Gasteiger partial charge < -0.3 is 10.2 Å². The second-order valence-corrected chi connectivity index (χ2v) is 9.79. The topological polar surface area (TPSA) is 65.4 Å². The third kappa shape index (κ3) is 6.99. The molecular weight excluding hydrogens is 476 g/mol. The minimum absolute atomic E-state index is 0.329. The van der Waals surface area contributed by atoms with Gasteiger partial charge in [0.25, 0.3) is 0 Å². The third-order valence-corrected chi connectivity index (χ3v) is 6.82. The molecule has 0 amide bonds. The molecule has 1 saturated heterocycles. The zero-order chi connectivity index (χ0) is 24.8. The molecule has 1 aliphatic rings. The number of guanidine groups is 1. The van der Waals surface area contributed by atoms with Crippen LogP contribution in [0.2, 0.25) is 5.02 Å². The second kappa shape index (κ2) is 11.6. The Bertz CT molecular complexity index is 1190. The highest BCUT2D eigenvalue weighted by Gasteiger charge is 2.23. The first kappa shape index (κ1) is 25.1. The highest BCUT2D eigenvalue weighted by Crippen LogP contribution is 2.26. The molecule has 1 fully saturated rings. The Labute approximate surface area is 217 Å². The fourth-order valence-electron chi connectivity index (χ4n) is 4.34. The summed E-state index contributed by atoms with van der Waals surface area (Å²) < 4.78 is 0. The van der Waals surface area contributed by atoms with E-state index >= 15 is 0 Å². The first-order valence-corrected chi connectivity index (χ1v) is 12.7. The van der Waals surface area contributed by atoms with Crippen molar-refractivity contribution in [3.8, 4) is 0 Å². The number of aryl methyl sites for hydroxylation is 3. The number of piperidine rings is 1. The number of benzene rings is 2. The van der Waals surface area contributed by atoms with Crippen molar-refractivity contribution in [2.24, 2.45) is 10.9 Å². The van der Waals surface area contributed by atoms with E-state index in [-0.39, 0.29) is 0 Å². The number of aromatic nitrogens is 2. The Morgan fingerprint density at radius 3 is 2.37 bits per heavy atom. The van der Waals surface area contributed by atoms with E-state index in [1.54, 1.807) is 0 Å². The van der Waals surface area contributed by atoms with Crippen LogP contribution in [-0.4, -0.2) is 39.0 Å². The zero-order valence-electron chi connectivity index (χ0n) is 20.4. The molecule has 6 nitrogen and oxygen atoms in total. The van der Waals surface area contributed by atoms with Crippen molar-refractivity contribution in [3.63, 3.8) is 0 Å². The van der Waals surface area contributed by atoms with Crippen molar-refractivity contribution >= 4 is 46.5 Å². The summed E-state index contributed by atoms with van der Waals surface area (Å²) in [5.74, 6) is 1.81. The van der Waals surface area contributed by atoms with E-state index in [4.69, 9.17) is 28.8 Å². The SMILES string of the molecule is Cc1cc(C)nc(N/C(=N/C(=S)Nc2cccc(C)c2Cl)N2CCC(Cc3ccccc3)CC2)n1. The standard InChI is InChI=1S/C27H31ClN6S/c1-18-8-7-11-23(24(18)28)31-27(35)33-26(32-25-29-19(2)16-20(3)30-25)34-14-12-22(13-15-34)17-21-9-5-4-6-10-21/h4-11,16,22H,12-15,17H2,1-3H3,(H2,29,30,31,32,33,35). The molecule has 3 aromatic rings. The minimum atomic E-state index is 0.329. The number of nitrogens with one attached hydrogen (secondary N) is 2. The molecule has 0 unspecified atom stereocenters. The number of rotatable bonds is 4. The molecule has 0 atom stereocenters. The fraction of sp³-hybridized carbons (Fsp3) is 0.333. The lowest BCUT2D eigenvalue weighted by molar-refractivity contribution is 0.265. The van der Waals surface area contributed by atoms with E-state index in [1.807, 2.05) is 45.0 Å². The van der Waals surface area contributed by atoms with Gasteiger partial charge in [-0.05, 0) is 81.4 Å².